The molecule has 0 aromatic heterocycles. The molecular weight excluding hydrogens is 319 g/mol. The Morgan fingerprint density at radius 3 is 2.43 bits per heavy atom. The van der Waals surface area contributed by atoms with E-state index >= 15 is 0 Å². The van der Waals surface area contributed by atoms with Crippen LogP contribution >= 0.6 is 23.2 Å². The molecule has 4 amide bonds. The second-order valence-corrected chi connectivity index (χ2v) is 5.13. The summed E-state index contributed by atoms with van der Waals surface area (Å²) in [5.74, 6) is -1.09. The van der Waals surface area contributed by atoms with Gasteiger partial charge in [0.05, 0.1) is 5.69 Å². The molecule has 0 saturated carbocycles. The predicted molar refractivity (Wildman–Crippen MR) is 77.6 cm³/mol. The van der Waals surface area contributed by atoms with Gasteiger partial charge in [0.2, 0.25) is 0 Å². The van der Waals surface area contributed by atoms with Gasteiger partial charge in [-0.15, -0.1) is 0 Å². The van der Waals surface area contributed by atoms with Crippen LogP contribution in [-0.2, 0) is 14.3 Å². The maximum atomic E-state index is 12.2. The largest absolute Gasteiger partial charge is 0.372 e. The van der Waals surface area contributed by atoms with Gasteiger partial charge < -0.3 is 4.74 Å². The van der Waals surface area contributed by atoms with Gasteiger partial charge in [0.1, 0.15) is 13.2 Å². The molecule has 8 heteroatoms. The zero-order chi connectivity index (χ0) is 15.6. The Morgan fingerprint density at radius 1 is 1.24 bits per heavy atom. The number of anilines is 1. The first-order valence-electron chi connectivity index (χ1n) is 6.15. The van der Waals surface area contributed by atoms with E-state index < -0.39 is 17.8 Å². The van der Waals surface area contributed by atoms with Crippen molar-refractivity contribution in [3.8, 4) is 0 Å². The summed E-state index contributed by atoms with van der Waals surface area (Å²) in [5.41, 5.74) is 0.231. The number of urea groups is 1. The third kappa shape index (κ3) is 3.34. The van der Waals surface area contributed by atoms with Crippen molar-refractivity contribution in [2.75, 3.05) is 24.7 Å². The molecule has 0 atom stereocenters. The van der Waals surface area contributed by atoms with Crippen molar-refractivity contribution in [3.63, 3.8) is 0 Å². The zero-order valence-corrected chi connectivity index (χ0v) is 12.6. The average Bonchev–Trinajstić information content (AvgIpc) is 2.70. The lowest BCUT2D eigenvalue weighted by Gasteiger charge is -2.16. The fraction of sp³-hybridized carbons (Fsp3) is 0.308. The van der Waals surface area contributed by atoms with Crippen LogP contribution in [0.3, 0.4) is 0 Å². The minimum atomic E-state index is -0.733. The number of imide groups is 2. The Balaban J connectivity index is 2.24. The maximum Gasteiger partial charge on any atom is 0.338 e. The lowest BCUT2D eigenvalue weighted by atomic mass is 10.3. The first-order chi connectivity index (χ1) is 9.93. The summed E-state index contributed by atoms with van der Waals surface area (Å²) in [7, 11) is 0. The number of carbonyl (C=O) groups is 3. The molecule has 0 radical (unpaired) electrons. The summed E-state index contributed by atoms with van der Waals surface area (Å²) in [5, 5.41) is 0.578. The molecule has 1 aromatic carbocycles. The Kier molecular flexibility index (Phi) is 4.82. The van der Waals surface area contributed by atoms with Crippen LogP contribution in [0.2, 0.25) is 10.0 Å². The summed E-state index contributed by atoms with van der Waals surface area (Å²) in [6.07, 6.45) is 0. The number of hydrogen-bond donors (Lipinski definition) is 0. The van der Waals surface area contributed by atoms with E-state index in [0.717, 1.165) is 9.80 Å². The zero-order valence-electron chi connectivity index (χ0n) is 11.1. The number of hydrogen-bond acceptors (Lipinski definition) is 4. The Bertz CT molecular complexity index is 586. The lowest BCUT2D eigenvalue weighted by Crippen LogP contribution is -2.38. The molecule has 21 heavy (non-hydrogen) atoms. The number of carbonyl (C=O) groups excluding carboxylic acids is 3. The molecule has 1 aliphatic rings. The second kappa shape index (κ2) is 6.43. The number of nitrogens with zero attached hydrogens (tertiary/aromatic N) is 2. The van der Waals surface area contributed by atoms with Gasteiger partial charge in [-0.05, 0) is 25.1 Å². The highest BCUT2D eigenvalue weighted by molar-refractivity contribution is 6.35. The molecule has 0 N–H and O–H groups in total. The highest BCUT2D eigenvalue weighted by atomic mass is 35.5. The van der Waals surface area contributed by atoms with Crippen molar-refractivity contribution in [2.24, 2.45) is 0 Å². The van der Waals surface area contributed by atoms with Crippen molar-refractivity contribution < 1.29 is 19.1 Å². The standard InChI is InChI=1S/C13H12Cl2N2O4/c1-2-21-7-12(19)16-6-11(18)17(13(16)20)10-4-8(14)3-9(15)5-10/h3-5H,2,6-7H2,1H3. The van der Waals surface area contributed by atoms with Crippen molar-refractivity contribution in [1.82, 2.24) is 4.90 Å². The van der Waals surface area contributed by atoms with Crippen LogP contribution in [0.5, 0.6) is 0 Å². The first kappa shape index (κ1) is 15.8. The van der Waals surface area contributed by atoms with E-state index in [9.17, 15) is 14.4 Å². The number of ether oxygens (including phenoxy) is 1. The predicted octanol–water partition coefficient (Wildman–Crippen LogP) is 2.33. The Morgan fingerprint density at radius 2 is 1.86 bits per heavy atom. The SMILES string of the molecule is CCOCC(=O)N1CC(=O)N(c2cc(Cl)cc(Cl)c2)C1=O. The molecule has 112 valence electrons. The van der Waals surface area contributed by atoms with Crippen LogP contribution in [0.1, 0.15) is 6.92 Å². The monoisotopic (exact) mass is 330 g/mol. The molecule has 0 bridgehead atoms. The van der Waals surface area contributed by atoms with E-state index in [4.69, 9.17) is 27.9 Å². The van der Waals surface area contributed by atoms with Gasteiger partial charge in [-0.2, -0.15) is 0 Å². The second-order valence-electron chi connectivity index (χ2n) is 4.26. The highest BCUT2D eigenvalue weighted by Crippen LogP contribution is 2.28. The lowest BCUT2D eigenvalue weighted by molar-refractivity contribution is -0.133. The summed E-state index contributed by atoms with van der Waals surface area (Å²) in [6.45, 7) is 1.49. The van der Waals surface area contributed by atoms with Crippen LogP contribution in [0.4, 0.5) is 10.5 Å². The summed E-state index contributed by atoms with van der Waals surface area (Å²) in [6, 6.07) is 3.61. The van der Waals surface area contributed by atoms with Gasteiger partial charge >= 0.3 is 6.03 Å². The van der Waals surface area contributed by atoms with Crippen LogP contribution in [0.15, 0.2) is 18.2 Å². The van der Waals surface area contributed by atoms with Crippen molar-refractivity contribution in [3.05, 3.63) is 28.2 Å². The average molecular weight is 331 g/mol. The van der Waals surface area contributed by atoms with Crippen LogP contribution in [-0.4, -0.2) is 42.5 Å². The van der Waals surface area contributed by atoms with Gasteiger partial charge in [-0.1, -0.05) is 23.2 Å². The van der Waals surface area contributed by atoms with E-state index in [0.29, 0.717) is 6.61 Å². The maximum absolute atomic E-state index is 12.2. The van der Waals surface area contributed by atoms with Gasteiger partial charge in [0.15, 0.2) is 0 Å². The number of benzene rings is 1. The summed E-state index contributed by atoms with van der Waals surface area (Å²) in [4.78, 5) is 37.7. The van der Waals surface area contributed by atoms with Gasteiger partial charge in [0, 0.05) is 16.7 Å². The molecule has 1 fully saturated rings. The molecule has 2 rings (SSSR count). The molecule has 1 heterocycles. The normalized spacial score (nSPS) is 15.0. The molecular formula is C13H12Cl2N2O4. The summed E-state index contributed by atoms with van der Waals surface area (Å²) < 4.78 is 4.95. The molecule has 0 unspecified atom stereocenters. The third-order valence-corrected chi connectivity index (χ3v) is 3.24. The topological polar surface area (TPSA) is 66.9 Å². The van der Waals surface area contributed by atoms with Crippen molar-refractivity contribution in [2.45, 2.75) is 6.92 Å². The van der Waals surface area contributed by atoms with Gasteiger partial charge in [0.25, 0.3) is 11.8 Å². The highest BCUT2D eigenvalue weighted by Gasteiger charge is 2.40. The Labute approximate surface area is 131 Å². The molecule has 1 aliphatic heterocycles. The van der Waals surface area contributed by atoms with Crippen LogP contribution in [0, 0.1) is 0 Å². The number of amides is 4. The van der Waals surface area contributed by atoms with E-state index in [1.54, 1.807) is 6.92 Å². The summed E-state index contributed by atoms with van der Waals surface area (Å²) >= 11 is 11.7. The van der Waals surface area contributed by atoms with Crippen molar-refractivity contribution >= 4 is 46.7 Å². The van der Waals surface area contributed by atoms with Gasteiger partial charge in [-0.25, -0.2) is 9.69 Å². The molecule has 0 aliphatic carbocycles. The van der Waals surface area contributed by atoms with E-state index in [2.05, 4.69) is 0 Å². The Hall–Kier alpha value is -1.63. The van der Waals surface area contributed by atoms with E-state index in [1.807, 2.05) is 0 Å². The minimum Gasteiger partial charge on any atom is -0.372 e. The van der Waals surface area contributed by atoms with Crippen LogP contribution < -0.4 is 4.90 Å². The molecule has 1 aromatic rings. The molecule has 1 saturated heterocycles. The fourth-order valence-electron chi connectivity index (χ4n) is 1.89. The van der Waals surface area contributed by atoms with E-state index in [1.165, 1.54) is 18.2 Å². The molecule has 6 nitrogen and oxygen atoms in total. The minimum absolute atomic E-state index is 0.231. The molecule has 0 spiro atoms. The van der Waals surface area contributed by atoms with E-state index in [-0.39, 0.29) is 28.9 Å². The number of rotatable bonds is 4. The van der Waals surface area contributed by atoms with Gasteiger partial charge in [-0.3, -0.25) is 14.5 Å². The first-order valence-corrected chi connectivity index (χ1v) is 6.90. The quantitative estimate of drug-likeness (QED) is 0.794. The fourth-order valence-corrected chi connectivity index (χ4v) is 2.40. The smallest absolute Gasteiger partial charge is 0.338 e. The van der Waals surface area contributed by atoms with Crippen LogP contribution in [0.25, 0.3) is 0 Å². The third-order valence-electron chi connectivity index (χ3n) is 2.80. The number of halogens is 2. The van der Waals surface area contributed by atoms with Crippen molar-refractivity contribution in [1.29, 1.82) is 0 Å².